The van der Waals surface area contributed by atoms with Crippen molar-refractivity contribution in [1.82, 2.24) is 20.2 Å². The molecule has 15 heavy (non-hydrogen) atoms. The summed E-state index contributed by atoms with van der Waals surface area (Å²) in [6, 6.07) is 0. The minimum absolute atomic E-state index is 0.755. The Kier molecular flexibility index (Phi) is 2.80. The van der Waals surface area contributed by atoms with Crippen molar-refractivity contribution in [2.75, 3.05) is 11.9 Å². The van der Waals surface area contributed by atoms with E-state index in [1.54, 1.807) is 6.20 Å². The predicted molar refractivity (Wildman–Crippen MR) is 59.8 cm³/mol. The van der Waals surface area contributed by atoms with E-state index in [2.05, 4.69) is 32.4 Å². The van der Waals surface area contributed by atoms with Gasteiger partial charge in [-0.15, -0.1) is 0 Å². The van der Waals surface area contributed by atoms with Crippen LogP contribution < -0.4 is 5.32 Å². The molecule has 0 unspecified atom stereocenters. The second-order valence-electron chi connectivity index (χ2n) is 3.53. The first-order chi connectivity index (χ1) is 7.31. The fourth-order valence-corrected chi connectivity index (χ4v) is 1.47. The molecule has 2 aromatic heterocycles. The highest BCUT2D eigenvalue weighted by atomic mass is 15.2. The van der Waals surface area contributed by atoms with Gasteiger partial charge in [0.1, 0.15) is 11.6 Å². The number of rotatable bonds is 4. The molecular weight excluding hydrogens is 190 g/mol. The first kappa shape index (κ1) is 9.89. The highest BCUT2D eigenvalue weighted by molar-refractivity contribution is 5.85. The summed E-state index contributed by atoms with van der Waals surface area (Å²) in [5.74, 6) is 1.63. The minimum Gasteiger partial charge on any atom is -0.369 e. The lowest BCUT2D eigenvalue weighted by atomic mass is 10.3. The summed E-state index contributed by atoms with van der Waals surface area (Å²) in [4.78, 5) is 8.62. The molecule has 0 aromatic carbocycles. The fourth-order valence-electron chi connectivity index (χ4n) is 1.47. The van der Waals surface area contributed by atoms with Gasteiger partial charge < -0.3 is 5.32 Å². The molecule has 0 saturated heterocycles. The van der Waals surface area contributed by atoms with Crippen molar-refractivity contribution in [3.05, 3.63) is 12.0 Å². The van der Waals surface area contributed by atoms with E-state index >= 15 is 0 Å². The Bertz CT molecular complexity index is 448. The molecule has 5 nitrogen and oxygen atoms in total. The van der Waals surface area contributed by atoms with Gasteiger partial charge in [0.2, 0.25) is 0 Å². The lowest BCUT2D eigenvalue weighted by molar-refractivity contribution is 0.830. The number of H-pyrrole nitrogens is 1. The Balaban J connectivity index is 2.27. The van der Waals surface area contributed by atoms with Crippen molar-refractivity contribution < 1.29 is 0 Å². The molecule has 0 aliphatic carbocycles. The first-order valence-electron chi connectivity index (χ1n) is 5.23. The lowest BCUT2D eigenvalue weighted by Crippen LogP contribution is -2.04. The zero-order valence-electron chi connectivity index (χ0n) is 9.04. The maximum Gasteiger partial charge on any atom is 0.161 e. The smallest absolute Gasteiger partial charge is 0.161 e. The number of hydrogen-bond donors (Lipinski definition) is 2. The van der Waals surface area contributed by atoms with Gasteiger partial charge in [-0.3, -0.25) is 5.10 Å². The topological polar surface area (TPSA) is 66.5 Å². The molecule has 2 N–H and O–H groups in total. The van der Waals surface area contributed by atoms with Crippen LogP contribution in [0.4, 0.5) is 5.82 Å². The molecular formula is C10H15N5. The number of aryl methyl sites for hydroxylation is 1. The molecule has 0 saturated carbocycles. The van der Waals surface area contributed by atoms with Crippen LogP contribution in [0.15, 0.2) is 6.20 Å². The number of fused-ring (bicyclic) bond motifs is 1. The Morgan fingerprint density at radius 1 is 1.40 bits per heavy atom. The van der Waals surface area contributed by atoms with E-state index in [4.69, 9.17) is 0 Å². The van der Waals surface area contributed by atoms with Crippen LogP contribution in [0, 0.1) is 6.92 Å². The van der Waals surface area contributed by atoms with Crippen LogP contribution in [-0.2, 0) is 0 Å². The highest BCUT2D eigenvalue weighted by Crippen LogP contribution is 2.17. The fraction of sp³-hybridized carbons (Fsp3) is 0.500. The zero-order valence-corrected chi connectivity index (χ0v) is 9.04. The van der Waals surface area contributed by atoms with Gasteiger partial charge in [-0.05, 0) is 13.3 Å². The van der Waals surface area contributed by atoms with Crippen LogP contribution in [0.2, 0.25) is 0 Å². The quantitative estimate of drug-likeness (QED) is 0.748. The van der Waals surface area contributed by atoms with E-state index < -0.39 is 0 Å². The normalized spacial score (nSPS) is 10.8. The number of aromatic nitrogens is 4. The van der Waals surface area contributed by atoms with Crippen LogP contribution >= 0.6 is 0 Å². The number of nitrogens with zero attached hydrogens (tertiary/aromatic N) is 3. The monoisotopic (exact) mass is 205 g/mol. The average Bonchev–Trinajstić information content (AvgIpc) is 2.65. The third-order valence-electron chi connectivity index (χ3n) is 2.24. The minimum atomic E-state index is 0.755. The average molecular weight is 205 g/mol. The molecule has 5 heteroatoms. The number of nitrogens with one attached hydrogen (secondary N) is 2. The Hall–Kier alpha value is -1.65. The first-order valence-corrected chi connectivity index (χ1v) is 5.23. The van der Waals surface area contributed by atoms with Gasteiger partial charge in [-0.1, -0.05) is 13.3 Å². The summed E-state index contributed by atoms with van der Waals surface area (Å²) in [6.45, 7) is 4.98. The van der Waals surface area contributed by atoms with Gasteiger partial charge in [0, 0.05) is 6.54 Å². The van der Waals surface area contributed by atoms with Gasteiger partial charge in [0.05, 0.1) is 11.6 Å². The lowest BCUT2D eigenvalue weighted by Gasteiger charge is -2.05. The second-order valence-corrected chi connectivity index (χ2v) is 3.53. The van der Waals surface area contributed by atoms with Gasteiger partial charge >= 0.3 is 0 Å². The summed E-state index contributed by atoms with van der Waals surface area (Å²) < 4.78 is 0. The molecule has 0 aliphatic rings. The number of anilines is 1. The van der Waals surface area contributed by atoms with E-state index in [1.807, 2.05) is 6.92 Å². The molecule has 0 fully saturated rings. The van der Waals surface area contributed by atoms with E-state index in [0.29, 0.717) is 0 Å². The van der Waals surface area contributed by atoms with Crippen LogP contribution in [0.3, 0.4) is 0 Å². The molecule has 2 heterocycles. The summed E-state index contributed by atoms with van der Waals surface area (Å²) >= 11 is 0. The van der Waals surface area contributed by atoms with Gasteiger partial charge in [0.15, 0.2) is 5.65 Å². The number of unbranched alkanes of at least 4 members (excludes halogenated alkanes) is 1. The van der Waals surface area contributed by atoms with Crippen molar-refractivity contribution >= 4 is 16.9 Å². The van der Waals surface area contributed by atoms with Crippen LogP contribution in [-0.4, -0.2) is 26.7 Å². The number of aromatic amines is 1. The molecule has 80 valence electrons. The molecule has 0 atom stereocenters. The molecule has 0 amide bonds. The van der Waals surface area contributed by atoms with Gasteiger partial charge in [0.25, 0.3) is 0 Å². The van der Waals surface area contributed by atoms with Gasteiger partial charge in [-0.2, -0.15) is 5.10 Å². The van der Waals surface area contributed by atoms with Gasteiger partial charge in [-0.25, -0.2) is 9.97 Å². The summed E-state index contributed by atoms with van der Waals surface area (Å²) in [7, 11) is 0. The maximum atomic E-state index is 4.36. The van der Waals surface area contributed by atoms with Crippen molar-refractivity contribution in [1.29, 1.82) is 0 Å². The highest BCUT2D eigenvalue weighted by Gasteiger charge is 2.06. The van der Waals surface area contributed by atoms with Crippen LogP contribution in [0.25, 0.3) is 11.0 Å². The number of hydrogen-bond acceptors (Lipinski definition) is 4. The largest absolute Gasteiger partial charge is 0.369 e. The summed E-state index contributed by atoms with van der Waals surface area (Å²) in [5, 5.41) is 11.1. The molecule has 0 aliphatic heterocycles. The SMILES string of the molecule is CCCCNc1nc(C)nc2[nH]ncc12. The van der Waals surface area contributed by atoms with Crippen LogP contribution in [0.1, 0.15) is 25.6 Å². The van der Waals surface area contributed by atoms with Crippen molar-refractivity contribution in [2.24, 2.45) is 0 Å². The van der Waals surface area contributed by atoms with E-state index in [9.17, 15) is 0 Å². The Morgan fingerprint density at radius 2 is 2.27 bits per heavy atom. The molecule has 2 rings (SSSR count). The zero-order chi connectivity index (χ0) is 10.7. The third kappa shape index (κ3) is 2.06. The van der Waals surface area contributed by atoms with E-state index in [1.165, 1.54) is 6.42 Å². The van der Waals surface area contributed by atoms with E-state index in [0.717, 1.165) is 35.6 Å². The van der Waals surface area contributed by atoms with Crippen LogP contribution in [0.5, 0.6) is 0 Å². The van der Waals surface area contributed by atoms with E-state index in [-0.39, 0.29) is 0 Å². The standard InChI is InChI=1S/C10H15N5/c1-3-4-5-11-9-8-6-12-15-10(8)14-7(2)13-9/h6H,3-5H2,1-2H3,(H2,11,12,13,14,15). The van der Waals surface area contributed by atoms with Crippen molar-refractivity contribution in [3.63, 3.8) is 0 Å². The predicted octanol–water partition coefficient (Wildman–Crippen LogP) is 1.87. The molecule has 0 radical (unpaired) electrons. The summed E-state index contributed by atoms with van der Waals surface area (Å²) in [5.41, 5.74) is 0.793. The second kappa shape index (κ2) is 4.25. The Labute approximate surface area is 88.3 Å². The molecule has 0 spiro atoms. The van der Waals surface area contributed by atoms with Crippen molar-refractivity contribution in [2.45, 2.75) is 26.7 Å². The maximum absolute atomic E-state index is 4.36. The van der Waals surface area contributed by atoms with Crippen molar-refractivity contribution in [3.8, 4) is 0 Å². The third-order valence-corrected chi connectivity index (χ3v) is 2.24. The molecule has 0 bridgehead atoms. The summed E-state index contributed by atoms with van der Waals surface area (Å²) in [6.07, 6.45) is 4.07. The Morgan fingerprint density at radius 3 is 3.07 bits per heavy atom. The molecule has 2 aromatic rings.